The molecule has 0 radical (unpaired) electrons. The number of hydrogen-bond acceptors (Lipinski definition) is 8. The summed E-state index contributed by atoms with van der Waals surface area (Å²) in [5.74, 6) is 1.23. The van der Waals surface area contributed by atoms with Crippen LogP contribution in [0.3, 0.4) is 0 Å². The predicted octanol–water partition coefficient (Wildman–Crippen LogP) is 2.03. The van der Waals surface area contributed by atoms with Crippen LogP contribution in [0.25, 0.3) is 11.2 Å². The lowest BCUT2D eigenvalue weighted by atomic mass is 10.2. The number of aliphatic hydroxyl groups excluding tert-OH is 1. The third-order valence-electron chi connectivity index (χ3n) is 5.33. The maximum absolute atomic E-state index is 10.1. The average molecular weight is 407 g/mol. The van der Waals surface area contributed by atoms with E-state index in [9.17, 15) is 15.3 Å². The zero-order chi connectivity index (χ0) is 20.7. The van der Waals surface area contributed by atoms with Crippen molar-refractivity contribution < 1.29 is 15.3 Å². The molecule has 1 atom stereocenters. The highest BCUT2D eigenvalue weighted by atomic mass is 16.3. The molecular weight excluding hydrogens is 386 g/mol. The highest BCUT2D eigenvalue weighted by Crippen LogP contribution is 2.32. The Labute approximate surface area is 171 Å². The van der Waals surface area contributed by atoms with Gasteiger partial charge in [-0.15, -0.1) is 5.10 Å². The summed E-state index contributed by atoms with van der Waals surface area (Å²) in [6.45, 7) is 0.858. The Hall–Kier alpha value is -3.79. The topological polar surface area (TPSA) is 124 Å². The molecule has 1 unspecified atom stereocenters. The van der Waals surface area contributed by atoms with E-state index in [-0.39, 0.29) is 24.1 Å². The number of nitrogens with zero attached hydrogens (tertiary/aromatic N) is 6. The molecule has 30 heavy (non-hydrogen) atoms. The minimum Gasteiger partial charge on any atom is -0.504 e. The molecule has 1 fully saturated rings. The molecule has 1 aliphatic heterocycles. The first-order chi connectivity index (χ1) is 14.6. The van der Waals surface area contributed by atoms with Gasteiger partial charge in [-0.25, -0.2) is 9.50 Å². The van der Waals surface area contributed by atoms with Crippen molar-refractivity contribution >= 4 is 23.1 Å². The zero-order valence-corrected chi connectivity index (χ0v) is 16.0. The van der Waals surface area contributed by atoms with E-state index in [0.717, 1.165) is 24.9 Å². The summed E-state index contributed by atoms with van der Waals surface area (Å²) >= 11 is 0. The summed E-state index contributed by atoms with van der Waals surface area (Å²) in [4.78, 5) is 11.1. The smallest absolute Gasteiger partial charge is 0.245 e. The van der Waals surface area contributed by atoms with E-state index in [4.69, 9.17) is 4.98 Å². The fourth-order valence-corrected chi connectivity index (χ4v) is 3.79. The van der Waals surface area contributed by atoms with Gasteiger partial charge in [-0.2, -0.15) is 4.98 Å². The van der Waals surface area contributed by atoms with Crippen LogP contribution in [0.5, 0.6) is 11.5 Å². The van der Waals surface area contributed by atoms with Crippen molar-refractivity contribution in [2.75, 3.05) is 23.4 Å². The minimum absolute atomic E-state index is 0.0128. The van der Waals surface area contributed by atoms with E-state index < -0.39 is 0 Å². The number of benzene rings is 1. The molecular formula is C20H21N7O3. The van der Waals surface area contributed by atoms with Crippen LogP contribution in [-0.4, -0.2) is 58.7 Å². The number of aromatic nitrogens is 5. The predicted molar refractivity (Wildman–Crippen MR) is 111 cm³/mol. The van der Waals surface area contributed by atoms with Crippen molar-refractivity contribution in [3.05, 3.63) is 49.1 Å². The molecule has 1 aromatic carbocycles. The number of para-hydroxylation sites is 1. The van der Waals surface area contributed by atoms with Gasteiger partial charge in [0.2, 0.25) is 5.95 Å². The van der Waals surface area contributed by atoms with Crippen LogP contribution >= 0.6 is 0 Å². The van der Waals surface area contributed by atoms with E-state index in [1.165, 1.54) is 12.4 Å². The number of hydrogen-bond donors (Lipinski definition) is 4. The van der Waals surface area contributed by atoms with E-state index >= 15 is 0 Å². The highest BCUT2D eigenvalue weighted by molar-refractivity contribution is 5.73. The summed E-state index contributed by atoms with van der Waals surface area (Å²) < 4.78 is 3.35. The molecule has 4 aromatic rings. The number of imidazole rings is 1. The average Bonchev–Trinajstić information content (AvgIpc) is 3.50. The third kappa shape index (κ3) is 3.07. The van der Waals surface area contributed by atoms with E-state index in [1.807, 2.05) is 23.2 Å². The van der Waals surface area contributed by atoms with Crippen LogP contribution in [0, 0.1) is 0 Å². The van der Waals surface area contributed by atoms with Gasteiger partial charge in [0, 0.05) is 12.7 Å². The van der Waals surface area contributed by atoms with E-state index in [0.29, 0.717) is 23.3 Å². The highest BCUT2D eigenvalue weighted by Gasteiger charge is 2.27. The number of fused-ring (bicyclic) bond motifs is 1. The van der Waals surface area contributed by atoms with Crippen molar-refractivity contribution in [2.24, 2.45) is 0 Å². The van der Waals surface area contributed by atoms with Gasteiger partial charge in [0.1, 0.15) is 17.7 Å². The second-order valence-corrected chi connectivity index (χ2v) is 7.21. The molecule has 0 bridgehead atoms. The lowest BCUT2D eigenvalue weighted by Crippen LogP contribution is -2.34. The van der Waals surface area contributed by atoms with Crippen LogP contribution in [0.2, 0.25) is 0 Å². The van der Waals surface area contributed by atoms with Crippen LogP contribution in [-0.2, 0) is 0 Å². The largest absolute Gasteiger partial charge is 0.504 e. The number of rotatable bonds is 5. The van der Waals surface area contributed by atoms with Crippen LogP contribution in [0.1, 0.15) is 12.8 Å². The number of nitrogens with one attached hydrogen (secondary N) is 1. The Balaban J connectivity index is 1.49. The molecule has 4 heterocycles. The van der Waals surface area contributed by atoms with Crippen molar-refractivity contribution in [1.29, 1.82) is 0 Å². The molecule has 1 saturated heterocycles. The van der Waals surface area contributed by atoms with Gasteiger partial charge < -0.3 is 30.1 Å². The molecule has 4 N–H and O–H groups in total. The van der Waals surface area contributed by atoms with Crippen molar-refractivity contribution in [3.63, 3.8) is 0 Å². The molecule has 154 valence electrons. The monoisotopic (exact) mass is 407 g/mol. The SMILES string of the molecule is OCC1CCCN1c1nc(Nc2cn(-c3cccc(O)c3O)cn2)c2cccn2n1. The molecule has 10 heteroatoms. The lowest BCUT2D eigenvalue weighted by molar-refractivity contribution is 0.265. The summed E-state index contributed by atoms with van der Waals surface area (Å²) in [5.41, 5.74) is 1.20. The Morgan fingerprint density at radius 3 is 2.93 bits per heavy atom. The van der Waals surface area contributed by atoms with Crippen LogP contribution < -0.4 is 10.2 Å². The quantitative estimate of drug-likeness (QED) is 0.371. The van der Waals surface area contributed by atoms with Gasteiger partial charge in [-0.05, 0) is 37.1 Å². The van der Waals surface area contributed by atoms with Gasteiger partial charge in [-0.1, -0.05) is 6.07 Å². The third-order valence-corrected chi connectivity index (χ3v) is 5.33. The summed E-state index contributed by atoms with van der Waals surface area (Å²) in [5, 5.41) is 37.3. The Kier molecular flexibility index (Phi) is 4.40. The van der Waals surface area contributed by atoms with E-state index in [1.54, 1.807) is 27.4 Å². The molecule has 3 aromatic heterocycles. The van der Waals surface area contributed by atoms with Crippen molar-refractivity contribution in [3.8, 4) is 17.2 Å². The second-order valence-electron chi connectivity index (χ2n) is 7.21. The first kappa shape index (κ1) is 18.3. The molecule has 10 nitrogen and oxygen atoms in total. The first-order valence-electron chi connectivity index (χ1n) is 9.69. The fourth-order valence-electron chi connectivity index (χ4n) is 3.79. The molecule has 0 saturated carbocycles. The number of aliphatic hydroxyl groups is 1. The fraction of sp³-hybridized carbons (Fsp3) is 0.250. The number of phenols is 2. The molecule has 0 aliphatic carbocycles. The van der Waals surface area contributed by atoms with Crippen molar-refractivity contribution in [2.45, 2.75) is 18.9 Å². The summed E-state index contributed by atoms with van der Waals surface area (Å²) in [6.07, 6.45) is 6.97. The van der Waals surface area contributed by atoms with Gasteiger partial charge in [-0.3, -0.25) is 0 Å². The Morgan fingerprint density at radius 2 is 2.07 bits per heavy atom. The lowest BCUT2D eigenvalue weighted by Gasteiger charge is -2.23. The van der Waals surface area contributed by atoms with Gasteiger partial charge >= 0.3 is 0 Å². The zero-order valence-electron chi connectivity index (χ0n) is 16.0. The Morgan fingerprint density at radius 1 is 1.17 bits per heavy atom. The van der Waals surface area contributed by atoms with E-state index in [2.05, 4.69) is 15.4 Å². The first-order valence-corrected chi connectivity index (χ1v) is 9.69. The Bertz CT molecular complexity index is 1200. The summed E-state index contributed by atoms with van der Waals surface area (Å²) in [7, 11) is 0. The van der Waals surface area contributed by atoms with Crippen LogP contribution in [0.15, 0.2) is 49.1 Å². The maximum atomic E-state index is 10.1. The molecule has 0 spiro atoms. The van der Waals surface area contributed by atoms with Gasteiger partial charge in [0.05, 0.1) is 24.5 Å². The standard InChI is InChI=1S/C20H21N7O3/c28-11-13-4-2-8-26(13)20-23-19(15-6-3-9-27(15)24-20)22-17-10-25(12-21-17)14-5-1-7-16(29)18(14)30/h1,3,5-7,9-10,12-13,28-30H,2,4,8,11H2,(H,22,23,24). The molecule has 0 amide bonds. The number of anilines is 3. The van der Waals surface area contributed by atoms with Gasteiger partial charge in [0.15, 0.2) is 17.3 Å². The normalized spacial score (nSPS) is 16.4. The molecule has 5 rings (SSSR count). The van der Waals surface area contributed by atoms with Crippen molar-refractivity contribution in [1.82, 2.24) is 24.1 Å². The second kappa shape index (κ2) is 7.23. The molecule has 1 aliphatic rings. The van der Waals surface area contributed by atoms with Crippen LogP contribution in [0.4, 0.5) is 17.6 Å². The van der Waals surface area contributed by atoms with Gasteiger partial charge in [0.25, 0.3) is 0 Å². The number of phenolic OH excluding ortho intramolecular Hbond substituents is 2. The minimum atomic E-state index is -0.219. The maximum Gasteiger partial charge on any atom is 0.245 e. The summed E-state index contributed by atoms with van der Waals surface area (Å²) in [6, 6.07) is 8.54. The number of aromatic hydroxyl groups is 2.